The van der Waals surface area contributed by atoms with E-state index in [9.17, 15) is 10.5 Å². The molecule has 0 bridgehead atoms. The monoisotopic (exact) mass is 1230 g/mol. The molecule has 0 unspecified atom stereocenters. The molecule has 0 N–H and O–H groups in total. The third kappa shape index (κ3) is 10.1. The standard InChI is InChI=1S/C83H49N13/c84-50-52-38-42-65(73(46-52)95-69-36-20-18-34-63(69)67-47-59(40-44-71(67)95)80-88-75(53-22-6-1-7-23-53)86-76(89-80)54-24-8-2-9-25-54)82-92-79(57-30-14-5-15-31-57)93-83(94-82)66-43-39-58(62-33-17-16-32-61(62)51-85)49-74(66)96-70-37-21-19-35-64(70)68-48-60(41-45-72(68)96)81-90-77(55-26-10-3-11-27-55)87-78(91-81)56-28-12-4-13-29-56/h1-49H. The fraction of sp³-hybridized carbons (Fsp3) is 0. The van der Waals surface area contributed by atoms with Gasteiger partial charge >= 0.3 is 0 Å². The average Bonchev–Trinajstić information content (AvgIpc) is 1.53. The van der Waals surface area contributed by atoms with Crippen molar-refractivity contribution in [3.8, 4) is 137 Å². The second-order valence-electron chi connectivity index (χ2n) is 23.2. The molecule has 13 nitrogen and oxygen atoms in total. The summed E-state index contributed by atoms with van der Waals surface area (Å²) in [5.74, 6) is 4.55. The van der Waals surface area contributed by atoms with E-state index < -0.39 is 0 Å². The lowest BCUT2D eigenvalue weighted by molar-refractivity contribution is 1.06. The van der Waals surface area contributed by atoms with Gasteiger partial charge in [-0.25, -0.2) is 44.9 Å². The minimum atomic E-state index is 0.381. The van der Waals surface area contributed by atoms with Crippen LogP contribution >= 0.6 is 0 Å². The Morgan fingerprint density at radius 1 is 0.219 bits per heavy atom. The molecule has 0 amide bonds. The second kappa shape index (κ2) is 23.8. The molecule has 13 heteroatoms. The van der Waals surface area contributed by atoms with Crippen LogP contribution < -0.4 is 0 Å². The summed E-state index contributed by atoms with van der Waals surface area (Å²) in [5.41, 5.74) is 14.9. The lowest BCUT2D eigenvalue weighted by Crippen LogP contribution is -2.06. The van der Waals surface area contributed by atoms with Crippen molar-refractivity contribution in [2.75, 3.05) is 0 Å². The van der Waals surface area contributed by atoms with Gasteiger partial charge in [-0.05, 0) is 96.1 Å². The second-order valence-corrected chi connectivity index (χ2v) is 23.2. The van der Waals surface area contributed by atoms with Gasteiger partial charge in [0.25, 0.3) is 0 Å². The van der Waals surface area contributed by atoms with Gasteiger partial charge < -0.3 is 9.13 Å². The van der Waals surface area contributed by atoms with Crippen molar-refractivity contribution in [1.82, 2.24) is 54.0 Å². The number of hydrogen-bond donors (Lipinski definition) is 0. The van der Waals surface area contributed by atoms with E-state index in [1.54, 1.807) is 0 Å². The Morgan fingerprint density at radius 2 is 0.542 bits per heavy atom. The third-order valence-electron chi connectivity index (χ3n) is 17.4. The molecule has 0 spiro atoms. The van der Waals surface area contributed by atoms with Crippen LogP contribution in [0.15, 0.2) is 297 Å². The van der Waals surface area contributed by atoms with Crippen LogP contribution in [0.3, 0.4) is 0 Å². The van der Waals surface area contributed by atoms with E-state index in [1.807, 2.05) is 231 Å². The van der Waals surface area contributed by atoms with Crippen molar-refractivity contribution in [3.63, 3.8) is 0 Å². The average molecular weight is 1230 g/mol. The maximum absolute atomic E-state index is 10.7. The van der Waals surface area contributed by atoms with Gasteiger partial charge in [0.2, 0.25) is 0 Å². The first-order valence-electron chi connectivity index (χ1n) is 31.3. The summed E-state index contributed by atoms with van der Waals surface area (Å²) in [6.07, 6.45) is 0. The number of benzene rings is 12. The van der Waals surface area contributed by atoms with Gasteiger partial charge in [0.15, 0.2) is 52.4 Å². The van der Waals surface area contributed by atoms with Crippen molar-refractivity contribution in [2.24, 2.45) is 0 Å². The summed E-state index contributed by atoms with van der Waals surface area (Å²) in [7, 11) is 0. The Labute approximate surface area is 550 Å². The van der Waals surface area contributed by atoms with Gasteiger partial charge in [-0.15, -0.1) is 0 Å². The molecule has 0 aliphatic carbocycles. The molecular formula is C83H49N13. The molecule has 0 aliphatic rings. The topological polar surface area (TPSA) is 173 Å². The van der Waals surface area contributed by atoms with Gasteiger partial charge in [0.1, 0.15) is 0 Å². The number of nitriles is 2. The van der Waals surface area contributed by atoms with Crippen LogP contribution in [0, 0.1) is 22.7 Å². The highest BCUT2D eigenvalue weighted by Gasteiger charge is 2.25. The fourth-order valence-corrected chi connectivity index (χ4v) is 12.8. The first-order chi connectivity index (χ1) is 47.5. The summed E-state index contributed by atoms with van der Waals surface area (Å²) in [6.45, 7) is 0. The van der Waals surface area contributed by atoms with Crippen molar-refractivity contribution in [1.29, 1.82) is 10.5 Å². The first kappa shape index (κ1) is 56.2. The quantitative estimate of drug-likeness (QED) is 0.114. The number of para-hydroxylation sites is 2. The molecular weight excluding hydrogens is 1180 g/mol. The number of nitrogens with zero attached hydrogens (tertiary/aromatic N) is 13. The van der Waals surface area contributed by atoms with E-state index in [4.69, 9.17) is 44.9 Å². The van der Waals surface area contributed by atoms with E-state index in [-0.39, 0.29) is 0 Å². The maximum Gasteiger partial charge on any atom is 0.166 e. The van der Waals surface area contributed by atoms with Gasteiger partial charge in [0.05, 0.1) is 56.7 Å². The highest BCUT2D eigenvalue weighted by atomic mass is 15.1. The summed E-state index contributed by atoms with van der Waals surface area (Å²) in [6, 6.07) is 103. The zero-order valence-electron chi connectivity index (χ0n) is 51.1. The Morgan fingerprint density at radius 3 is 0.958 bits per heavy atom. The van der Waals surface area contributed by atoms with Crippen LogP contribution in [0.2, 0.25) is 0 Å². The molecule has 12 aromatic carbocycles. The predicted octanol–water partition coefficient (Wildman–Crippen LogP) is 18.8. The van der Waals surface area contributed by atoms with Crippen molar-refractivity contribution >= 4 is 43.6 Å². The molecule has 5 heterocycles. The molecule has 96 heavy (non-hydrogen) atoms. The molecule has 5 aromatic heterocycles. The molecule has 0 saturated heterocycles. The van der Waals surface area contributed by atoms with Gasteiger partial charge in [-0.2, -0.15) is 10.5 Å². The van der Waals surface area contributed by atoms with Crippen molar-refractivity contribution < 1.29 is 0 Å². The van der Waals surface area contributed by atoms with Crippen LogP contribution in [0.5, 0.6) is 0 Å². The number of fused-ring (bicyclic) bond motifs is 6. The summed E-state index contributed by atoms with van der Waals surface area (Å²) in [5, 5.41) is 25.2. The first-order valence-corrected chi connectivity index (χ1v) is 31.3. The van der Waals surface area contributed by atoms with E-state index in [2.05, 4.69) is 88.0 Å². The molecule has 0 radical (unpaired) electrons. The zero-order valence-corrected chi connectivity index (χ0v) is 51.1. The summed E-state index contributed by atoms with van der Waals surface area (Å²) in [4.78, 5) is 46.8. The maximum atomic E-state index is 10.7. The lowest BCUT2D eigenvalue weighted by atomic mass is 9.97. The molecule has 446 valence electrons. The molecule has 17 rings (SSSR count). The largest absolute Gasteiger partial charge is 0.308 e. The van der Waals surface area contributed by atoms with Gasteiger partial charge in [-0.3, -0.25) is 0 Å². The molecule has 0 atom stereocenters. The number of hydrogen-bond acceptors (Lipinski definition) is 11. The van der Waals surface area contributed by atoms with Crippen LogP contribution in [0.1, 0.15) is 11.1 Å². The molecule has 0 saturated carbocycles. The Hall–Kier alpha value is -13.8. The van der Waals surface area contributed by atoms with Crippen LogP contribution in [-0.4, -0.2) is 54.0 Å². The van der Waals surface area contributed by atoms with E-state index in [0.29, 0.717) is 80.4 Å². The highest BCUT2D eigenvalue weighted by molar-refractivity contribution is 6.12. The van der Waals surface area contributed by atoms with E-state index in [1.165, 1.54) is 0 Å². The predicted molar refractivity (Wildman–Crippen MR) is 379 cm³/mol. The van der Waals surface area contributed by atoms with Gasteiger partial charge in [0, 0.05) is 71.6 Å². The van der Waals surface area contributed by atoms with Crippen molar-refractivity contribution in [2.45, 2.75) is 0 Å². The van der Waals surface area contributed by atoms with Crippen LogP contribution in [-0.2, 0) is 0 Å². The van der Waals surface area contributed by atoms with Gasteiger partial charge in [-0.1, -0.05) is 212 Å². The van der Waals surface area contributed by atoms with Crippen LogP contribution in [0.4, 0.5) is 0 Å². The van der Waals surface area contributed by atoms with Crippen LogP contribution in [0.25, 0.3) is 169 Å². The zero-order chi connectivity index (χ0) is 64.1. The summed E-state index contributed by atoms with van der Waals surface area (Å²) >= 11 is 0. The number of aromatic nitrogens is 11. The summed E-state index contributed by atoms with van der Waals surface area (Å²) < 4.78 is 4.45. The third-order valence-corrected chi connectivity index (χ3v) is 17.4. The lowest BCUT2D eigenvalue weighted by Gasteiger charge is -2.18. The molecule has 17 aromatic rings. The fourth-order valence-electron chi connectivity index (χ4n) is 12.8. The smallest absolute Gasteiger partial charge is 0.166 e. The number of rotatable bonds is 12. The minimum absolute atomic E-state index is 0.381. The molecule has 0 aliphatic heterocycles. The normalized spacial score (nSPS) is 11.3. The van der Waals surface area contributed by atoms with Crippen molar-refractivity contribution in [3.05, 3.63) is 308 Å². The van der Waals surface area contributed by atoms with E-state index in [0.717, 1.165) is 99.4 Å². The molecule has 0 fully saturated rings. The highest BCUT2D eigenvalue weighted by Crippen LogP contribution is 2.43. The SMILES string of the molecule is N#Cc1ccc(-c2nc(-c3ccccc3)nc(-c3ccc(-c4ccccc4C#N)cc3-n3c4ccccc4c4cc(-c5nc(-c6ccccc6)nc(-c6ccccc6)n5)ccc43)n2)c(-n2c3ccccc3c3cc(-c4nc(-c5ccccc5)nc(-c5ccccc5)n4)ccc32)c1. The minimum Gasteiger partial charge on any atom is -0.308 e. The Kier molecular flexibility index (Phi) is 13.9. The Balaban J connectivity index is 0.869. The Bertz CT molecular complexity index is 5860. The van der Waals surface area contributed by atoms with E-state index >= 15 is 0 Å².